The number of hydrogen-bond acceptors (Lipinski definition) is 4. The van der Waals surface area contributed by atoms with Crippen LogP contribution in [0, 0.1) is 5.92 Å². The van der Waals surface area contributed by atoms with Crippen LogP contribution in [0.15, 0.2) is 24.3 Å². The number of carboxylic acids is 2. The lowest BCUT2D eigenvalue weighted by molar-refractivity contribution is -0.137. The summed E-state index contributed by atoms with van der Waals surface area (Å²) in [5.74, 6) is -1.35. The molecular weight excluding hydrogens is 308 g/mol. The van der Waals surface area contributed by atoms with Gasteiger partial charge in [0, 0.05) is 25.6 Å². The summed E-state index contributed by atoms with van der Waals surface area (Å²) < 4.78 is 0. The molecule has 0 bridgehead atoms. The van der Waals surface area contributed by atoms with Crippen molar-refractivity contribution in [2.24, 2.45) is 5.92 Å². The third-order valence-electron chi connectivity index (χ3n) is 4.75. The Morgan fingerprint density at radius 3 is 2.67 bits per heavy atom. The number of nitrogens with zero attached hydrogens (tertiary/aromatic N) is 2. The molecule has 1 aromatic rings. The summed E-state index contributed by atoms with van der Waals surface area (Å²) in [6.45, 7) is 2.47. The number of likely N-dealkylation sites (tertiary alicyclic amines) is 1. The van der Waals surface area contributed by atoms with Gasteiger partial charge in [0.05, 0.1) is 5.56 Å². The molecule has 0 aliphatic carbocycles. The minimum atomic E-state index is -0.914. The Morgan fingerprint density at radius 2 is 2.04 bits per heavy atom. The average Bonchev–Trinajstić information content (AvgIpc) is 2.53. The van der Waals surface area contributed by atoms with Crippen molar-refractivity contribution in [1.29, 1.82) is 0 Å². The molecule has 1 heterocycles. The first-order chi connectivity index (χ1) is 11.4. The maximum Gasteiger partial charge on any atom is 0.335 e. The van der Waals surface area contributed by atoms with E-state index in [0.29, 0.717) is 30.5 Å². The maximum absolute atomic E-state index is 11.1. The molecule has 0 saturated carbocycles. The summed E-state index contributed by atoms with van der Waals surface area (Å²) in [5, 5.41) is 18.1. The highest BCUT2D eigenvalue weighted by Gasteiger charge is 2.30. The number of carboxylic acid groups (broad SMARTS) is 2. The molecule has 6 nitrogen and oxygen atoms in total. The van der Waals surface area contributed by atoms with E-state index in [4.69, 9.17) is 10.2 Å². The van der Waals surface area contributed by atoms with Crippen molar-refractivity contribution in [2.45, 2.75) is 31.8 Å². The number of aromatic carboxylic acids is 1. The Kier molecular flexibility index (Phi) is 6.34. The summed E-state index contributed by atoms with van der Waals surface area (Å²) in [7, 11) is 4.09. The van der Waals surface area contributed by atoms with Gasteiger partial charge in [0.1, 0.15) is 0 Å². The Hall–Kier alpha value is -1.92. The fraction of sp³-hybridized carbons (Fsp3) is 0.556. The van der Waals surface area contributed by atoms with Gasteiger partial charge in [0.2, 0.25) is 0 Å². The van der Waals surface area contributed by atoms with E-state index < -0.39 is 11.9 Å². The van der Waals surface area contributed by atoms with Crippen LogP contribution in [0.5, 0.6) is 0 Å². The monoisotopic (exact) mass is 334 g/mol. The summed E-state index contributed by atoms with van der Waals surface area (Å²) in [5.41, 5.74) is 1.29. The lowest BCUT2D eigenvalue weighted by Gasteiger charge is -2.41. The van der Waals surface area contributed by atoms with Crippen LogP contribution in [0.25, 0.3) is 0 Å². The number of aliphatic carboxylic acids is 1. The van der Waals surface area contributed by atoms with Gasteiger partial charge in [-0.25, -0.2) is 4.79 Å². The molecule has 2 unspecified atom stereocenters. The molecule has 1 fully saturated rings. The molecule has 0 amide bonds. The number of rotatable bonds is 7. The summed E-state index contributed by atoms with van der Waals surface area (Å²) in [4.78, 5) is 26.5. The number of benzene rings is 1. The molecule has 0 radical (unpaired) electrons. The van der Waals surface area contributed by atoms with Crippen LogP contribution in [0.2, 0.25) is 0 Å². The molecule has 2 N–H and O–H groups in total. The molecule has 132 valence electrons. The highest BCUT2D eigenvalue weighted by atomic mass is 16.4. The highest BCUT2D eigenvalue weighted by molar-refractivity contribution is 5.87. The van der Waals surface area contributed by atoms with Crippen LogP contribution in [0.3, 0.4) is 0 Å². The molecule has 1 saturated heterocycles. The van der Waals surface area contributed by atoms with Crippen LogP contribution < -0.4 is 0 Å². The quantitative estimate of drug-likeness (QED) is 0.794. The number of piperidine rings is 1. The predicted molar refractivity (Wildman–Crippen MR) is 91.1 cm³/mol. The van der Waals surface area contributed by atoms with E-state index in [0.717, 1.165) is 25.1 Å². The molecule has 6 heteroatoms. The summed E-state index contributed by atoms with van der Waals surface area (Å²) in [6.07, 6.45) is 1.86. The van der Waals surface area contributed by atoms with E-state index in [-0.39, 0.29) is 6.42 Å². The number of hydrogen-bond donors (Lipinski definition) is 2. The second kappa shape index (κ2) is 8.26. The Labute approximate surface area is 142 Å². The molecular formula is C18H26N2O4. The Balaban J connectivity index is 2.02. The highest BCUT2D eigenvalue weighted by Crippen LogP contribution is 2.26. The van der Waals surface area contributed by atoms with E-state index in [1.54, 1.807) is 18.2 Å². The third-order valence-corrected chi connectivity index (χ3v) is 4.75. The lowest BCUT2D eigenvalue weighted by Crippen LogP contribution is -2.48. The molecule has 2 atom stereocenters. The van der Waals surface area contributed by atoms with Crippen molar-refractivity contribution < 1.29 is 19.8 Å². The largest absolute Gasteiger partial charge is 0.481 e. The third kappa shape index (κ3) is 5.04. The predicted octanol–water partition coefficient (Wildman–Crippen LogP) is 2.00. The maximum atomic E-state index is 11.1. The van der Waals surface area contributed by atoms with Crippen molar-refractivity contribution in [3.05, 3.63) is 35.4 Å². The molecule has 0 aromatic heterocycles. The first-order valence-corrected chi connectivity index (χ1v) is 8.29. The van der Waals surface area contributed by atoms with Gasteiger partial charge in [-0.1, -0.05) is 12.1 Å². The van der Waals surface area contributed by atoms with Gasteiger partial charge in [-0.05, 0) is 57.1 Å². The molecule has 24 heavy (non-hydrogen) atoms. The Morgan fingerprint density at radius 1 is 1.29 bits per heavy atom. The topological polar surface area (TPSA) is 81.1 Å². The molecule has 1 aliphatic rings. The van der Waals surface area contributed by atoms with Gasteiger partial charge in [0.15, 0.2) is 0 Å². The second-order valence-electron chi connectivity index (χ2n) is 6.75. The normalized spacial score (nSPS) is 21.8. The van der Waals surface area contributed by atoms with Gasteiger partial charge in [0.25, 0.3) is 0 Å². The zero-order valence-corrected chi connectivity index (χ0v) is 14.3. The van der Waals surface area contributed by atoms with Gasteiger partial charge in [-0.15, -0.1) is 0 Å². The van der Waals surface area contributed by atoms with Crippen molar-refractivity contribution >= 4 is 11.9 Å². The lowest BCUT2D eigenvalue weighted by atomic mass is 9.87. The van der Waals surface area contributed by atoms with E-state index in [1.165, 1.54) is 0 Å². The standard InChI is InChI=1S/C18H26N2O4/c1-19(2)16-8-9-20(12-15(16)6-7-17(21)22)11-13-4-3-5-14(10-13)18(23)24/h3-5,10,15-16H,6-9,11-12H2,1-2H3,(H,21,22)(H,23,24). The summed E-state index contributed by atoms with van der Waals surface area (Å²) in [6, 6.07) is 7.42. The van der Waals surface area contributed by atoms with E-state index in [1.807, 2.05) is 20.2 Å². The van der Waals surface area contributed by atoms with Crippen molar-refractivity contribution in [3.8, 4) is 0 Å². The van der Waals surface area contributed by atoms with E-state index >= 15 is 0 Å². The van der Waals surface area contributed by atoms with Crippen LogP contribution >= 0.6 is 0 Å². The van der Waals surface area contributed by atoms with Gasteiger partial charge in [-0.2, -0.15) is 0 Å². The van der Waals surface area contributed by atoms with E-state index in [2.05, 4.69) is 9.80 Å². The van der Waals surface area contributed by atoms with Crippen molar-refractivity contribution in [2.75, 3.05) is 27.2 Å². The number of carbonyl (C=O) groups is 2. The molecule has 0 spiro atoms. The fourth-order valence-corrected chi connectivity index (χ4v) is 3.57. The SMILES string of the molecule is CN(C)C1CCN(Cc2cccc(C(=O)O)c2)CC1CCC(=O)O. The average molecular weight is 334 g/mol. The second-order valence-corrected chi connectivity index (χ2v) is 6.75. The van der Waals surface area contributed by atoms with Crippen molar-refractivity contribution in [1.82, 2.24) is 9.80 Å². The van der Waals surface area contributed by atoms with Crippen LogP contribution in [-0.4, -0.2) is 65.2 Å². The summed E-state index contributed by atoms with van der Waals surface area (Å²) >= 11 is 0. The molecule has 2 rings (SSSR count). The van der Waals surface area contributed by atoms with Crippen LogP contribution in [0.1, 0.15) is 35.2 Å². The van der Waals surface area contributed by atoms with Gasteiger partial charge in [-0.3, -0.25) is 9.69 Å². The van der Waals surface area contributed by atoms with Gasteiger partial charge >= 0.3 is 11.9 Å². The van der Waals surface area contributed by atoms with Crippen molar-refractivity contribution in [3.63, 3.8) is 0 Å². The zero-order valence-electron chi connectivity index (χ0n) is 14.3. The Bertz CT molecular complexity index is 588. The smallest absolute Gasteiger partial charge is 0.335 e. The molecule has 1 aliphatic heterocycles. The minimum absolute atomic E-state index is 0.192. The first-order valence-electron chi connectivity index (χ1n) is 8.29. The first kappa shape index (κ1) is 18.4. The fourth-order valence-electron chi connectivity index (χ4n) is 3.57. The van der Waals surface area contributed by atoms with Gasteiger partial charge < -0.3 is 15.1 Å². The van der Waals surface area contributed by atoms with Crippen LogP contribution in [0.4, 0.5) is 0 Å². The minimum Gasteiger partial charge on any atom is -0.481 e. The zero-order chi connectivity index (χ0) is 17.7. The van der Waals surface area contributed by atoms with E-state index in [9.17, 15) is 9.59 Å². The van der Waals surface area contributed by atoms with Crippen LogP contribution in [-0.2, 0) is 11.3 Å². The molecule has 1 aromatic carbocycles.